The zero-order valence-corrected chi connectivity index (χ0v) is 16.3. The second-order valence-corrected chi connectivity index (χ2v) is 8.12. The van der Waals surface area contributed by atoms with Crippen molar-refractivity contribution in [1.82, 2.24) is 4.90 Å². The fourth-order valence-corrected chi connectivity index (χ4v) is 3.20. The predicted molar refractivity (Wildman–Crippen MR) is 97.7 cm³/mol. The summed E-state index contributed by atoms with van der Waals surface area (Å²) >= 11 is 0. The Morgan fingerprint density at radius 1 is 1.10 bits per heavy atom. The highest BCUT2D eigenvalue weighted by atomic mass is 32.2. The summed E-state index contributed by atoms with van der Waals surface area (Å²) in [6, 6.07) is 9.68. The van der Waals surface area contributed by atoms with Crippen LogP contribution in [0.5, 0.6) is 5.75 Å². The Morgan fingerprint density at radius 3 is 2.27 bits per heavy atom. The standard InChI is InChI=1S/C18H17F5N2O4S/c1-25(10-12-4-2-3-5-15(12)29-18(21,22)23)11-16(26)24-13-6-8-14(9-7-13)30(27,28)17(19)20/h2-9,17H,10-11H2,1H3,(H,24,26). The number of likely N-dealkylation sites (N-methyl/N-ethyl adjacent to an activating group) is 1. The van der Waals surface area contributed by atoms with E-state index in [9.17, 15) is 35.2 Å². The summed E-state index contributed by atoms with van der Waals surface area (Å²) in [6.45, 7) is -0.233. The number of halogens is 5. The number of carbonyl (C=O) groups excluding carboxylic acids is 1. The van der Waals surface area contributed by atoms with Gasteiger partial charge in [-0.05, 0) is 37.4 Å². The van der Waals surface area contributed by atoms with Gasteiger partial charge in [0, 0.05) is 17.8 Å². The van der Waals surface area contributed by atoms with Crippen LogP contribution >= 0.6 is 0 Å². The van der Waals surface area contributed by atoms with Gasteiger partial charge in [0.05, 0.1) is 11.4 Å². The molecule has 0 saturated carbocycles. The van der Waals surface area contributed by atoms with Crippen LogP contribution in [0.4, 0.5) is 27.6 Å². The third-order valence-electron chi connectivity index (χ3n) is 3.75. The topological polar surface area (TPSA) is 75.7 Å². The van der Waals surface area contributed by atoms with Gasteiger partial charge in [-0.25, -0.2) is 8.42 Å². The number of amides is 1. The van der Waals surface area contributed by atoms with Crippen LogP contribution in [0.3, 0.4) is 0 Å². The van der Waals surface area contributed by atoms with Gasteiger partial charge >= 0.3 is 12.1 Å². The van der Waals surface area contributed by atoms with Gasteiger partial charge in [0.15, 0.2) is 0 Å². The van der Waals surface area contributed by atoms with Crippen molar-refractivity contribution < 1.29 is 39.9 Å². The van der Waals surface area contributed by atoms with Crippen molar-refractivity contribution >= 4 is 21.4 Å². The lowest BCUT2D eigenvalue weighted by Gasteiger charge is -2.19. The summed E-state index contributed by atoms with van der Waals surface area (Å²) < 4.78 is 89.2. The van der Waals surface area contributed by atoms with Crippen LogP contribution in [0.25, 0.3) is 0 Å². The van der Waals surface area contributed by atoms with E-state index in [1.165, 1.54) is 30.1 Å². The number of para-hydroxylation sites is 1. The molecule has 0 spiro atoms. The van der Waals surface area contributed by atoms with Gasteiger partial charge in [-0.3, -0.25) is 9.69 Å². The van der Waals surface area contributed by atoms with Gasteiger partial charge in [-0.1, -0.05) is 18.2 Å². The first-order valence-corrected chi connectivity index (χ1v) is 9.87. The molecule has 2 aromatic carbocycles. The van der Waals surface area contributed by atoms with Crippen molar-refractivity contribution in [1.29, 1.82) is 0 Å². The van der Waals surface area contributed by atoms with Gasteiger partial charge in [-0.2, -0.15) is 8.78 Å². The number of ether oxygens (including phenoxy) is 1. The maximum Gasteiger partial charge on any atom is 0.573 e. The molecule has 0 heterocycles. The smallest absolute Gasteiger partial charge is 0.405 e. The summed E-state index contributed by atoms with van der Waals surface area (Å²) in [5.41, 5.74) is 0.383. The number of nitrogens with one attached hydrogen (secondary N) is 1. The largest absolute Gasteiger partial charge is 0.573 e. The fourth-order valence-electron chi connectivity index (χ4n) is 2.48. The second kappa shape index (κ2) is 9.39. The summed E-state index contributed by atoms with van der Waals surface area (Å²) in [5.74, 6) is -4.49. The van der Waals surface area contributed by atoms with Crippen molar-refractivity contribution in [3.8, 4) is 5.75 Å². The van der Waals surface area contributed by atoms with Crippen LogP contribution in [0.2, 0.25) is 0 Å². The monoisotopic (exact) mass is 452 g/mol. The first-order chi connectivity index (χ1) is 13.9. The van der Waals surface area contributed by atoms with Crippen molar-refractivity contribution in [2.75, 3.05) is 18.9 Å². The van der Waals surface area contributed by atoms with Gasteiger partial charge < -0.3 is 10.1 Å². The molecule has 1 N–H and O–H groups in total. The molecule has 0 radical (unpaired) electrons. The third kappa shape index (κ3) is 6.66. The number of benzene rings is 2. The predicted octanol–water partition coefficient (Wildman–Crippen LogP) is 3.65. The molecule has 1 amide bonds. The zero-order valence-electron chi connectivity index (χ0n) is 15.5. The number of alkyl halides is 5. The first-order valence-electron chi connectivity index (χ1n) is 8.32. The Kier molecular flexibility index (Phi) is 7.37. The Morgan fingerprint density at radius 2 is 1.70 bits per heavy atom. The van der Waals surface area contributed by atoms with E-state index in [0.29, 0.717) is 0 Å². The molecular weight excluding hydrogens is 435 g/mol. The van der Waals surface area contributed by atoms with E-state index >= 15 is 0 Å². The van der Waals surface area contributed by atoms with Crippen LogP contribution < -0.4 is 10.1 Å². The molecule has 2 rings (SSSR count). The molecule has 30 heavy (non-hydrogen) atoms. The highest BCUT2D eigenvalue weighted by Crippen LogP contribution is 2.27. The van der Waals surface area contributed by atoms with Crippen LogP contribution in [0.15, 0.2) is 53.4 Å². The van der Waals surface area contributed by atoms with E-state index in [0.717, 1.165) is 30.3 Å². The minimum atomic E-state index is -4.85. The maximum atomic E-state index is 12.5. The molecule has 164 valence electrons. The lowest BCUT2D eigenvalue weighted by atomic mass is 10.2. The van der Waals surface area contributed by atoms with E-state index in [1.807, 2.05) is 0 Å². The number of hydrogen-bond donors (Lipinski definition) is 1. The molecule has 6 nitrogen and oxygen atoms in total. The first kappa shape index (κ1) is 23.5. The number of hydrogen-bond acceptors (Lipinski definition) is 5. The van der Waals surface area contributed by atoms with Gasteiger partial charge in [0.2, 0.25) is 15.7 Å². The molecule has 0 saturated heterocycles. The summed E-state index contributed by atoms with van der Waals surface area (Å²) in [7, 11) is -3.24. The SMILES string of the molecule is CN(CC(=O)Nc1ccc(S(=O)(=O)C(F)F)cc1)Cc1ccccc1OC(F)(F)F. The van der Waals surface area contributed by atoms with E-state index in [4.69, 9.17) is 0 Å². The van der Waals surface area contributed by atoms with Gasteiger partial charge in [0.1, 0.15) is 5.75 Å². The zero-order chi connectivity index (χ0) is 22.5. The van der Waals surface area contributed by atoms with Crippen LogP contribution in [0.1, 0.15) is 5.56 Å². The highest BCUT2D eigenvalue weighted by molar-refractivity contribution is 7.91. The van der Waals surface area contributed by atoms with Crippen LogP contribution in [-0.2, 0) is 21.2 Å². The lowest BCUT2D eigenvalue weighted by Crippen LogP contribution is -2.30. The molecule has 0 aliphatic rings. The number of carbonyl (C=O) groups is 1. The Hall–Kier alpha value is -2.73. The molecule has 0 aliphatic carbocycles. The number of nitrogens with zero attached hydrogens (tertiary/aromatic N) is 1. The minimum absolute atomic E-state index is 0.0226. The average molecular weight is 452 g/mol. The fraction of sp³-hybridized carbons (Fsp3) is 0.278. The van der Waals surface area contributed by atoms with Crippen molar-refractivity contribution in [2.45, 2.75) is 23.6 Å². The van der Waals surface area contributed by atoms with Gasteiger partial charge in [-0.15, -0.1) is 13.2 Å². The Bertz CT molecular complexity index is 979. The Balaban J connectivity index is 1.98. The molecule has 0 fully saturated rings. The maximum absolute atomic E-state index is 12.5. The molecular formula is C18H17F5N2O4S. The van der Waals surface area contributed by atoms with E-state index < -0.39 is 32.8 Å². The molecule has 0 bridgehead atoms. The molecule has 0 aromatic heterocycles. The minimum Gasteiger partial charge on any atom is -0.405 e. The second-order valence-electron chi connectivity index (χ2n) is 6.21. The van der Waals surface area contributed by atoms with Crippen LogP contribution in [0, 0.1) is 0 Å². The van der Waals surface area contributed by atoms with Crippen molar-refractivity contribution in [3.05, 3.63) is 54.1 Å². The number of rotatable bonds is 8. The lowest BCUT2D eigenvalue weighted by molar-refractivity contribution is -0.275. The van der Waals surface area contributed by atoms with Crippen molar-refractivity contribution in [3.63, 3.8) is 0 Å². The van der Waals surface area contributed by atoms with Gasteiger partial charge in [0.25, 0.3) is 0 Å². The number of anilines is 1. The quantitative estimate of drug-likeness (QED) is 0.619. The van der Waals surface area contributed by atoms with E-state index in [2.05, 4.69) is 10.1 Å². The normalized spacial score (nSPS) is 12.3. The highest BCUT2D eigenvalue weighted by Gasteiger charge is 2.32. The summed E-state index contributed by atoms with van der Waals surface area (Å²) in [6.07, 6.45) is -4.85. The summed E-state index contributed by atoms with van der Waals surface area (Å²) in [5, 5.41) is 2.45. The molecule has 0 aliphatic heterocycles. The third-order valence-corrected chi connectivity index (χ3v) is 5.15. The number of sulfone groups is 1. The molecule has 2 aromatic rings. The van der Waals surface area contributed by atoms with Crippen LogP contribution in [-0.4, -0.2) is 44.9 Å². The van der Waals surface area contributed by atoms with E-state index in [1.54, 1.807) is 0 Å². The molecule has 0 unspecified atom stereocenters. The van der Waals surface area contributed by atoms with Crippen molar-refractivity contribution in [2.24, 2.45) is 0 Å². The molecule has 12 heteroatoms. The Labute approximate surface area is 169 Å². The average Bonchev–Trinajstić information content (AvgIpc) is 2.62. The summed E-state index contributed by atoms with van der Waals surface area (Å²) in [4.78, 5) is 13.0. The molecule has 0 atom stereocenters. The van der Waals surface area contributed by atoms with E-state index in [-0.39, 0.29) is 30.1 Å².